The van der Waals surface area contributed by atoms with E-state index >= 15 is 0 Å². The fourth-order valence-corrected chi connectivity index (χ4v) is 1.77. The molecular weight excluding hydrogens is 229 g/mol. The number of anilines is 2. The molecule has 1 heterocycles. The molecule has 0 saturated carbocycles. The fourth-order valence-electron chi connectivity index (χ4n) is 1.77. The maximum atomic E-state index is 13.1. The first-order chi connectivity index (χ1) is 8.69. The van der Waals surface area contributed by atoms with Crippen LogP contribution in [0, 0.1) is 5.82 Å². The Morgan fingerprint density at radius 2 is 2.11 bits per heavy atom. The van der Waals surface area contributed by atoms with Crippen molar-refractivity contribution >= 4 is 11.4 Å². The van der Waals surface area contributed by atoms with Crippen molar-refractivity contribution in [2.75, 3.05) is 24.3 Å². The van der Waals surface area contributed by atoms with E-state index in [9.17, 15) is 4.39 Å². The van der Waals surface area contributed by atoms with Gasteiger partial charge >= 0.3 is 0 Å². The third kappa shape index (κ3) is 2.97. The summed E-state index contributed by atoms with van der Waals surface area (Å²) in [5.41, 5.74) is 2.80. The highest BCUT2D eigenvalue weighted by molar-refractivity contribution is 5.47. The molecule has 0 saturated heterocycles. The van der Waals surface area contributed by atoms with Gasteiger partial charge < -0.3 is 10.2 Å². The number of halogens is 1. The summed E-state index contributed by atoms with van der Waals surface area (Å²) in [6.07, 6.45) is 1.76. The van der Waals surface area contributed by atoms with E-state index in [1.165, 1.54) is 12.1 Å². The van der Waals surface area contributed by atoms with E-state index in [1.54, 1.807) is 12.3 Å². The first kappa shape index (κ1) is 12.4. The minimum Gasteiger partial charge on any atom is -0.388 e. The number of pyridine rings is 1. The second-order valence-electron chi connectivity index (χ2n) is 4.12. The van der Waals surface area contributed by atoms with Gasteiger partial charge in [-0.25, -0.2) is 4.39 Å². The Hall–Kier alpha value is -2.10. The average molecular weight is 245 g/mol. The van der Waals surface area contributed by atoms with Crippen LogP contribution >= 0.6 is 0 Å². The third-order valence-corrected chi connectivity index (χ3v) is 2.75. The van der Waals surface area contributed by atoms with Crippen LogP contribution in [0.25, 0.3) is 0 Å². The first-order valence-electron chi connectivity index (χ1n) is 5.78. The number of nitrogens with zero attached hydrogens (tertiary/aromatic N) is 2. The van der Waals surface area contributed by atoms with Gasteiger partial charge in [0, 0.05) is 31.7 Å². The van der Waals surface area contributed by atoms with Crippen LogP contribution in [0.15, 0.2) is 42.6 Å². The standard InChI is InChI=1S/C14H16FN3/c1-16-12-6-7-17-13(9-12)10-18(2)14-5-3-4-11(15)8-14/h3-9H,10H2,1-2H3,(H,16,17). The van der Waals surface area contributed by atoms with Crippen molar-refractivity contribution in [2.45, 2.75) is 6.54 Å². The molecule has 0 aliphatic carbocycles. The highest BCUT2D eigenvalue weighted by atomic mass is 19.1. The van der Waals surface area contributed by atoms with Crippen molar-refractivity contribution in [1.29, 1.82) is 0 Å². The Morgan fingerprint density at radius 1 is 1.28 bits per heavy atom. The number of rotatable bonds is 4. The van der Waals surface area contributed by atoms with Crippen molar-refractivity contribution < 1.29 is 4.39 Å². The van der Waals surface area contributed by atoms with Gasteiger partial charge in [0.1, 0.15) is 5.82 Å². The van der Waals surface area contributed by atoms with Crippen LogP contribution in [0.1, 0.15) is 5.69 Å². The molecule has 0 aliphatic heterocycles. The zero-order chi connectivity index (χ0) is 13.0. The van der Waals surface area contributed by atoms with Gasteiger partial charge in [-0.15, -0.1) is 0 Å². The number of hydrogen-bond acceptors (Lipinski definition) is 3. The van der Waals surface area contributed by atoms with E-state index < -0.39 is 0 Å². The molecule has 0 bridgehead atoms. The van der Waals surface area contributed by atoms with Crippen molar-refractivity contribution in [3.8, 4) is 0 Å². The number of aromatic nitrogens is 1. The van der Waals surface area contributed by atoms with Crippen molar-refractivity contribution in [3.63, 3.8) is 0 Å². The van der Waals surface area contributed by atoms with Crippen molar-refractivity contribution in [2.24, 2.45) is 0 Å². The molecule has 1 aromatic heterocycles. The number of nitrogens with one attached hydrogen (secondary N) is 1. The topological polar surface area (TPSA) is 28.2 Å². The predicted molar refractivity (Wildman–Crippen MR) is 72.3 cm³/mol. The van der Waals surface area contributed by atoms with Crippen molar-refractivity contribution in [1.82, 2.24) is 4.98 Å². The normalized spacial score (nSPS) is 10.2. The van der Waals surface area contributed by atoms with E-state index in [-0.39, 0.29) is 5.82 Å². The highest BCUT2D eigenvalue weighted by Crippen LogP contribution is 2.17. The lowest BCUT2D eigenvalue weighted by molar-refractivity contribution is 0.627. The predicted octanol–water partition coefficient (Wildman–Crippen LogP) is 2.90. The Labute approximate surface area is 106 Å². The zero-order valence-corrected chi connectivity index (χ0v) is 10.5. The van der Waals surface area contributed by atoms with Crippen LogP contribution in [0.3, 0.4) is 0 Å². The molecule has 1 aromatic carbocycles. The van der Waals surface area contributed by atoms with Gasteiger partial charge in [-0.3, -0.25) is 4.98 Å². The van der Waals surface area contributed by atoms with Crippen LogP contribution in [0.2, 0.25) is 0 Å². The van der Waals surface area contributed by atoms with Gasteiger partial charge in [0.15, 0.2) is 0 Å². The summed E-state index contributed by atoms with van der Waals surface area (Å²) < 4.78 is 13.1. The number of hydrogen-bond donors (Lipinski definition) is 1. The van der Waals surface area contributed by atoms with Gasteiger partial charge in [0.25, 0.3) is 0 Å². The third-order valence-electron chi connectivity index (χ3n) is 2.75. The van der Waals surface area contributed by atoms with Gasteiger partial charge in [-0.2, -0.15) is 0 Å². The molecule has 0 fully saturated rings. The summed E-state index contributed by atoms with van der Waals surface area (Å²) in [6.45, 7) is 0.638. The molecular formula is C14H16FN3. The van der Waals surface area contributed by atoms with Crippen LogP contribution < -0.4 is 10.2 Å². The first-order valence-corrected chi connectivity index (χ1v) is 5.78. The molecule has 1 N–H and O–H groups in total. The average Bonchev–Trinajstić information content (AvgIpc) is 2.39. The summed E-state index contributed by atoms with van der Waals surface area (Å²) in [4.78, 5) is 6.26. The maximum Gasteiger partial charge on any atom is 0.125 e. The fraction of sp³-hybridized carbons (Fsp3) is 0.214. The molecule has 3 nitrogen and oxygen atoms in total. The SMILES string of the molecule is CNc1ccnc(CN(C)c2cccc(F)c2)c1. The van der Waals surface area contributed by atoms with Crippen LogP contribution in [-0.4, -0.2) is 19.1 Å². The van der Waals surface area contributed by atoms with E-state index in [1.807, 2.05) is 37.2 Å². The van der Waals surface area contributed by atoms with Gasteiger partial charge in [0.05, 0.1) is 12.2 Å². The largest absolute Gasteiger partial charge is 0.388 e. The molecule has 0 unspecified atom stereocenters. The van der Waals surface area contributed by atoms with Gasteiger partial charge in [-0.05, 0) is 30.3 Å². The minimum atomic E-state index is -0.226. The summed E-state index contributed by atoms with van der Waals surface area (Å²) >= 11 is 0. The number of benzene rings is 1. The molecule has 4 heteroatoms. The van der Waals surface area contributed by atoms with E-state index in [4.69, 9.17) is 0 Å². The summed E-state index contributed by atoms with van der Waals surface area (Å²) in [6, 6.07) is 10.4. The van der Waals surface area contributed by atoms with Gasteiger partial charge in [0.2, 0.25) is 0 Å². The van der Waals surface area contributed by atoms with Crippen LogP contribution in [0.4, 0.5) is 15.8 Å². The molecule has 0 spiro atoms. The van der Waals surface area contributed by atoms with E-state index in [2.05, 4.69) is 10.3 Å². The minimum absolute atomic E-state index is 0.226. The molecule has 0 amide bonds. The molecule has 0 aliphatic rings. The molecule has 0 radical (unpaired) electrons. The Bertz CT molecular complexity index is 528. The summed E-state index contributed by atoms with van der Waals surface area (Å²) in [7, 11) is 3.79. The lowest BCUT2D eigenvalue weighted by Crippen LogP contribution is -2.17. The smallest absolute Gasteiger partial charge is 0.125 e. The van der Waals surface area contributed by atoms with E-state index in [0.29, 0.717) is 6.54 Å². The molecule has 94 valence electrons. The Morgan fingerprint density at radius 3 is 2.83 bits per heavy atom. The molecule has 18 heavy (non-hydrogen) atoms. The second kappa shape index (κ2) is 5.49. The Balaban J connectivity index is 2.13. The lowest BCUT2D eigenvalue weighted by atomic mass is 10.2. The van der Waals surface area contributed by atoms with Crippen LogP contribution in [-0.2, 0) is 6.54 Å². The Kier molecular flexibility index (Phi) is 3.77. The van der Waals surface area contributed by atoms with Crippen LogP contribution in [0.5, 0.6) is 0 Å². The van der Waals surface area contributed by atoms with Gasteiger partial charge in [-0.1, -0.05) is 6.07 Å². The maximum absolute atomic E-state index is 13.1. The van der Waals surface area contributed by atoms with Crippen molar-refractivity contribution in [3.05, 3.63) is 54.1 Å². The molecule has 2 rings (SSSR count). The monoisotopic (exact) mass is 245 g/mol. The molecule has 0 atom stereocenters. The lowest BCUT2D eigenvalue weighted by Gasteiger charge is -2.19. The quantitative estimate of drug-likeness (QED) is 0.897. The summed E-state index contributed by atoms with van der Waals surface area (Å²) in [5, 5.41) is 3.07. The molecule has 2 aromatic rings. The second-order valence-corrected chi connectivity index (χ2v) is 4.12. The highest BCUT2D eigenvalue weighted by Gasteiger charge is 2.04. The van der Waals surface area contributed by atoms with E-state index in [0.717, 1.165) is 17.1 Å². The summed E-state index contributed by atoms with van der Waals surface area (Å²) in [5.74, 6) is -0.226. The zero-order valence-electron chi connectivity index (χ0n) is 10.5.